The van der Waals surface area contributed by atoms with Gasteiger partial charge in [-0.1, -0.05) is 22.9 Å². The lowest BCUT2D eigenvalue weighted by Crippen LogP contribution is -2.29. The molecule has 0 spiro atoms. The highest BCUT2D eigenvalue weighted by atomic mass is 127. The maximum atomic E-state index is 12.0. The lowest BCUT2D eigenvalue weighted by atomic mass is 10.1. The van der Waals surface area contributed by atoms with Gasteiger partial charge in [0.1, 0.15) is 0 Å². The van der Waals surface area contributed by atoms with Crippen molar-refractivity contribution in [2.24, 2.45) is 5.41 Å². The Morgan fingerprint density at radius 3 is 2.88 bits per heavy atom. The molecule has 16 heavy (non-hydrogen) atoms. The molecule has 1 aliphatic carbocycles. The van der Waals surface area contributed by atoms with Crippen LogP contribution in [-0.2, 0) is 0 Å². The normalized spacial score (nSPS) is 16.9. The van der Waals surface area contributed by atoms with Gasteiger partial charge >= 0.3 is 0 Å². The van der Waals surface area contributed by atoms with Gasteiger partial charge < -0.3 is 5.32 Å². The van der Waals surface area contributed by atoms with E-state index in [-0.39, 0.29) is 5.91 Å². The Balaban J connectivity index is 2.05. The third kappa shape index (κ3) is 2.97. The van der Waals surface area contributed by atoms with Crippen LogP contribution in [-0.4, -0.2) is 12.5 Å². The number of hydrogen-bond donors (Lipinski definition) is 1. The van der Waals surface area contributed by atoms with Crippen LogP contribution in [0.4, 0.5) is 0 Å². The first-order valence-corrected chi connectivity index (χ1v) is 7.11. The van der Waals surface area contributed by atoms with Crippen LogP contribution < -0.4 is 5.32 Å². The van der Waals surface area contributed by atoms with Crippen molar-refractivity contribution in [1.82, 2.24) is 5.32 Å². The number of rotatable bonds is 3. The summed E-state index contributed by atoms with van der Waals surface area (Å²) in [6.45, 7) is 2.99. The summed E-state index contributed by atoms with van der Waals surface area (Å²) in [4.78, 5) is 12.0. The van der Waals surface area contributed by atoms with Crippen LogP contribution in [0.15, 0.2) is 22.7 Å². The third-order valence-electron chi connectivity index (χ3n) is 2.95. The van der Waals surface area contributed by atoms with Gasteiger partial charge in [0.15, 0.2) is 0 Å². The zero-order valence-corrected chi connectivity index (χ0v) is 12.8. The van der Waals surface area contributed by atoms with E-state index in [4.69, 9.17) is 0 Å². The van der Waals surface area contributed by atoms with Gasteiger partial charge in [0.25, 0.3) is 5.91 Å². The second-order valence-corrected chi connectivity index (χ2v) is 6.70. The predicted octanol–water partition coefficient (Wildman–Crippen LogP) is 3.58. The molecular formula is C12H13BrINO. The highest BCUT2D eigenvalue weighted by Gasteiger charge is 2.37. The van der Waals surface area contributed by atoms with Crippen LogP contribution in [0, 0.1) is 8.99 Å². The molecule has 1 aromatic rings. The number of halogens is 2. The lowest BCUT2D eigenvalue weighted by molar-refractivity contribution is 0.0945. The quantitative estimate of drug-likeness (QED) is 0.781. The van der Waals surface area contributed by atoms with Gasteiger partial charge in [0.05, 0.1) is 5.56 Å². The molecule has 2 nitrogen and oxygen atoms in total. The Kier molecular flexibility index (Phi) is 3.59. The number of benzene rings is 1. The minimum atomic E-state index is 0.0267. The molecule has 1 aromatic carbocycles. The number of nitrogens with one attached hydrogen (secondary N) is 1. The topological polar surface area (TPSA) is 29.1 Å². The van der Waals surface area contributed by atoms with Crippen LogP contribution in [0.5, 0.6) is 0 Å². The molecule has 4 heteroatoms. The Bertz CT molecular complexity index is 429. The zero-order valence-electron chi connectivity index (χ0n) is 9.02. The fourth-order valence-electron chi connectivity index (χ4n) is 1.45. The number of amides is 1. The second-order valence-electron chi connectivity index (χ2n) is 4.62. The molecule has 1 amide bonds. The Morgan fingerprint density at radius 2 is 2.25 bits per heavy atom. The summed E-state index contributed by atoms with van der Waals surface area (Å²) in [7, 11) is 0. The van der Waals surface area contributed by atoms with Crippen molar-refractivity contribution in [2.75, 3.05) is 6.54 Å². The van der Waals surface area contributed by atoms with Gasteiger partial charge in [-0.15, -0.1) is 0 Å². The second kappa shape index (κ2) is 4.64. The molecule has 0 radical (unpaired) electrons. The van der Waals surface area contributed by atoms with E-state index in [1.54, 1.807) is 0 Å². The third-order valence-corrected chi connectivity index (χ3v) is 4.39. The fraction of sp³-hybridized carbons (Fsp3) is 0.417. The van der Waals surface area contributed by atoms with Crippen molar-refractivity contribution in [1.29, 1.82) is 0 Å². The summed E-state index contributed by atoms with van der Waals surface area (Å²) in [6, 6.07) is 5.76. The van der Waals surface area contributed by atoms with E-state index in [9.17, 15) is 4.79 Å². The van der Waals surface area contributed by atoms with Crippen molar-refractivity contribution in [3.8, 4) is 0 Å². The first-order valence-electron chi connectivity index (χ1n) is 5.23. The zero-order chi connectivity index (χ0) is 11.8. The van der Waals surface area contributed by atoms with Gasteiger partial charge in [0.2, 0.25) is 0 Å². The fourth-order valence-corrected chi connectivity index (χ4v) is 2.39. The molecule has 1 N–H and O–H groups in total. The average Bonchev–Trinajstić information content (AvgIpc) is 2.97. The summed E-state index contributed by atoms with van der Waals surface area (Å²) in [6.07, 6.45) is 2.45. The maximum absolute atomic E-state index is 12.0. The summed E-state index contributed by atoms with van der Waals surface area (Å²) in [5.41, 5.74) is 1.10. The van der Waals surface area contributed by atoms with Crippen LogP contribution >= 0.6 is 38.5 Å². The molecule has 0 unspecified atom stereocenters. The van der Waals surface area contributed by atoms with E-state index in [2.05, 4.69) is 50.8 Å². The standard InChI is InChI=1S/C12H13BrINO/c1-12(4-5-12)7-15-11(16)9-6-8(13)2-3-10(9)14/h2-3,6H,4-5,7H2,1H3,(H,15,16). The van der Waals surface area contributed by atoms with Crippen molar-refractivity contribution in [3.05, 3.63) is 31.8 Å². The first-order chi connectivity index (χ1) is 7.50. The van der Waals surface area contributed by atoms with Crippen molar-refractivity contribution < 1.29 is 4.79 Å². The summed E-state index contributed by atoms with van der Waals surface area (Å²) in [5, 5.41) is 3.00. The van der Waals surface area contributed by atoms with E-state index >= 15 is 0 Å². The molecule has 0 aromatic heterocycles. The SMILES string of the molecule is CC1(CNC(=O)c2cc(Br)ccc2I)CC1. The predicted molar refractivity (Wildman–Crippen MR) is 76.5 cm³/mol. The molecule has 2 rings (SSSR count). The van der Waals surface area contributed by atoms with E-state index < -0.39 is 0 Å². The van der Waals surface area contributed by atoms with Crippen LogP contribution in [0.2, 0.25) is 0 Å². The average molecular weight is 394 g/mol. The highest BCUT2D eigenvalue weighted by Crippen LogP contribution is 2.44. The summed E-state index contributed by atoms with van der Waals surface area (Å²) >= 11 is 5.57. The number of hydrogen-bond acceptors (Lipinski definition) is 1. The van der Waals surface area contributed by atoms with Crippen LogP contribution in [0.25, 0.3) is 0 Å². The van der Waals surface area contributed by atoms with Gasteiger partial charge in [-0.05, 0) is 59.0 Å². The largest absolute Gasteiger partial charge is 0.351 e. The minimum absolute atomic E-state index is 0.0267. The Hall–Kier alpha value is -0.100. The lowest BCUT2D eigenvalue weighted by Gasteiger charge is -2.11. The molecule has 1 aliphatic rings. The van der Waals surface area contributed by atoms with Gasteiger partial charge in [-0.2, -0.15) is 0 Å². The van der Waals surface area contributed by atoms with Gasteiger partial charge in [-0.3, -0.25) is 4.79 Å². The maximum Gasteiger partial charge on any atom is 0.252 e. The molecule has 1 saturated carbocycles. The van der Waals surface area contributed by atoms with Gasteiger partial charge in [-0.25, -0.2) is 0 Å². The number of carbonyl (C=O) groups excluding carboxylic acids is 1. The minimum Gasteiger partial charge on any atom is -0.351 e. The van der Waals surface area contributed by atoms with E-state index in [0.717, 1.165) is 20.2 Å². The molecule has 86 valence electrons. The molecule has 0 atom stereocenters. The molecule has 0 heterocycles. The van der Waals surface area contributed by atoms with E-state index in [1.807, 2.05) is 18.2 Å². The monoisotopic (exact) mass is 393 g/mol. The highest BCUT2D eigenvalue weighted by molar-refractivity contribution is 14.1. The molecule has 0 saturated heterocycles. The summed E-state index contributed by atoms with van der Waals surface area (Å²) < 4.78 is 1.93. The van der Waals surface area contributed by atoms with Gasteiger partial charge in [0, 0.05) is 14.6 Å². The van der Waals surface area contributed by atoms with E-state index in [1.165, 1.54) is 12.8 Å². The Labute approximate surface area is 117 Å². The molecular weight excluding hydrogens is 381 g/mol. The van der Waals surface area contributed by atoms with Crippen molar-refractivity contribution in [2.45, 2.75) is 19.8 Å². The smallest absolute Gasteiger partial charge is 0.252 e. The van der Waals surface area contributed by atoms with Crippen LogP contribution in [0.1, 0.15) is 30.1 Å². The van der Waals surface area contributed by atoms with Crippen molar-refractivity contribution >= 4 is 44.4 Å². The van der Waals surface area contributed by atoms with Crippen molar-refractivity contribution in [3.63, 3.8) is 0 Å². The molecule has 0 bridgehead atoms. The molecule has 0 aliphatic heterocycles. The van der Waals surface area contributed by atoms with Crippen LogP contribution in [0.3, 0.4) is 0 Å². The number of carbonyl (C=O) groups is 1. The Morgan fingerprint density at radius 1 is 1.56 bits per heavy atom. The molecule has 1 fully saturated rings. The first kappa shape index (κ1) is 12.4. The van der Waals surface area contributed by atoms with E-state index in [0.29, 0.717) is 5.41 Å². The summed E-state index contributed by atoms with van der Waals surface area (Å²) in [5.74, 6) is 0.0267.